The summed E-state index contributed by atoms with van der Waals surface area (Å²) < 4.78 is 5.68. The van der Waals surface area contributed by atoms with Gasteiger partial charge in [-0.1, -0.05) is 42.8 Å². The van der Waals surface area contributed by atoms with E-state index in [4.69, 9.17) is 4.42 Å². The van der Waals surface area contributed by atoms with Crippen LogP contribution in [-0.4, -0.2) is 5.78 Å². The molecule has 0 aliphatic heterocycles. The van der Waals surface area contributed by atoms with Crippen LogP contribution in [0.1, 0.15) is 46.9 Å². The van der Waals surface area contributed by atoms with Gasteiger partial charge in [0.1, 0.15) is 5.58 Å². The number of hydrogen-bond donors (Lipinski definition) is 0. The molecule has 1 fully saturated rings. The molecule has 1 saturated carbocycles. The summed E-state index contributed by atoms with van der Waals surface area (Å²) in [5.74, 6) is 1.02. The van der Waals surface area contributed by atoms with Gasteiger partial charge in [0, 0.05) is 10.9 Å². The van der Waals surface area contributed by atoms with Gasteiger partial charge in [0.2, 0.25) is 5.78 Å². The molecule has 0 N–H and O–H groups in total. The van der Waals surface area contributed by atoms with Crippen molar-refractivity contribution < 1.29 is 9.21 Å². The van der Waals surface area contributed by atoms with Gasteiger partial charge in [0.15, 0.2) is 5.76 Å². The fraction of sp³-hybridized carbons (Fsp3) is 0.211. The molecule has 21 heavy (non-hydrogen) atoms. The molecule has 0 spiro atoms. The Hall–Kier alpha value is -2.35. The minimum atomic E-state index is -0.0348. The van der Waals surface area contributed by atoms with E-state index in [0.29, 0.717) is 11.7 Å². The van der Waals surface area contributed by atoms with Crippen LogP contribution in [0.25, 0.3) is 11.0 Å². The molecule has 0 unspecified atom stereocenters. The van der Waals surface area contributed by atoms with Gasteiger partial charge in [-0.3, -0.25) is 4.79 Å². The normalized spacial score (nSPS) is 15.0. The average Bonchev–Trinajstić information content (AvgIpc) is 2.89. The van der Waals surface area contributed by atoms with Crippen LogP contribution in [-0.2, 0) is 0 Å². The van der Waals surface area contributed by atoms with Crippen molar-refractivity contribution in [2.75, 3.05) is 0 Å². The van der Waals surface area contributed by atoms with Crippen molar-refractivity contribution in [2.45, 2.75) is 25.2 Å². The molecule has 2 heteroatoms. The number of fused-ring (bicyclic) bond motifs is 1. The monoisotopic (exact) mass is 276 g/mol. The number of benzene rings is 2. The maximum Gasteiger partial charge on any atom is 0.228 e. The van der Waals surface area contributed by atoms with E-state index in [1.54, 1.807) is 0 Å². The summed E-state index contributed by atoms with van der Waals surface area (Å²) in [6.07, 6.45) is 3.77. The summed E-state index contributed by atoms with van der Waals surface area (Å²) in [5.41, 5.74) is 2.76. The van der Waals surface area contributed by atoms with Crippen LogP contribution in [0.2, 0.25) is 0 Å². The number of rotatable bonds is 3. The van der Waals surface area contributed by atoms with E-state index < -0.39 is 0 Å². The van der Waals surface area contributed by atoms with E-state index in [-0.39, 0.29) is 5.78 Å². The average molecular weight is 276 g/mol. The number of carbonyl (C=O) groups excluding carboxylic acids is 1. The van der Waals surface area contributed by atoms with E-state index in [9.17, 15) is 4.79 Å². The molecule has 4 rings (SSSR count). The number of furan rings is 1. The molecule has 0 amide bonds. The molecule has 3 aromatic rings. The molecule has 104 valence electrons. The first-order valence-electron chi connectivity index (χ1n) is 7.44. The Morgan fingerprint density at radius 2 is 1.86 bits per heavy atom. The third-order valence-corrected chi connectivity index (χ3v) is 4.37. The van der Waals surface area contributed by atoms with Crippen LogP contribution in [0.4, 0.5) is 0 Å². The zero-order valence-corrected chi connectivity index (χ0v) is 11.7. The van der Waals surface area contributed by atoms with E-state index in [0.717, 1.165) is 16.5 Å². The lowest BCUT2D eigenvalue weighted by Gasteiger charge is -2.25. The molecule has 0 saturated heterocycles. The van der Waals surface area contributed by atoms with Crippen LogP contribution >= 0.6 is 0 Å². The highest BCUT2D eigenvalue weighted by Gasteiger charge is 2.21. The zero-order valence-electron chi connectivity index (χ0n) is 11.7. The van der Waals surface area contributed by atoms with Gasteiger partial charge < -0.3 is 4.42 Å². The van der Waals surface area contributed by atoms with Gasteiger partial charge in [-0.05, 0) is 42.5 Å². The van der Waals surface area contributed by atoms with Gasteiger partial charge in [0.05, 0.1) is 0 Å². The van der Waals surface area contributed by atoms with Crippen molar-refractivity contribution in [1.29, 1.82) is 0 Å². The van der Waals surface area contributed by atoms with E-state index in [2.05, 4.69) is 6.07 Å². The van der Waals surface area contributed by atoms with Crippen LogP contribution < -0.4 is 0 Å². The highest BCUT2D eigenvalue weighted by Crippen LogP contribution is 2.36. The third-order valence-electron chi connectivity index (χ3n) is 4.37. The quantitative estimate of drug-likeness (QED) is 0.635. The standard InChI is InChI=1S/C19H16O2/c20-19(18-12-15-5-1-2-10-17(15)21-18)16-9-4-8-14(11-16)13-6-3-7-13/h1-2,4-5,8-13H,3,6-7H2. The fourth-order valence-corrected chi connectivity index (χ4v) is 2.91. The Morgan fingerprint density at radius 3 is 2.62 bits per heavy atom. The van der Waals surface area contributed by atoms with E-state index >= 15 is 0 Å². The SMILES string of the molecule is O=C(c1cccc(C2CCC2)c1)c1cc2ccccc2o1. The summed E-state index contributed by atoms with van der Waals surface area (Å²) in [6, 6.07) is 17.5. The molecule has 2 aromatic carbocycles. The second kappa shape index (κ2) is 4.88. The number of ketones is 1. The molecular formula is C19H16O2. The second-order valence-electron chi connectivity index (χ2n) is 5.73. The Kier molecular flexibility index (Phi) is 2.88. The summed E-state index contributed by atoms with van der Waals surface area (Å²) in [5, 5.41) is 0.969. The van der Waals surface area contributed by atoms with Crippen LogP contribution in [0.5, 0.6) is 0 Å². The van der Waals surface area contributed by atoms with Gasteiger partial charge in [-0.2, -0.15) is 0 Å². The van der Waals surface area contributed by atoms with Crippen molar-refractivity contribution in [2.24, 2.45) is 0 Å². The van der Waals surface area contributed by atoms with Gasteiger partial charge in [-0.15, -0.1) is 0 Å². The zero-order chi connectivity index (χ0) is 14.2. The second-order valence-corrected chi connectivity index (χ2v) is 5.73. The van der Waals surface area contributed by atoms with Gasteiger partial charge in [0.25, 0.3) is 0 Å². The van der Waals surface area contributed by atoms with Crippen LogP contribution in [0.3, 0.4) is 0 Å². The lowest BCUT2D eigenvalue weighted by molar-refractivity contribution is 0.101. The van der Waals surface area contributed by atoms with E-state index in [1.807, 2.05) is 48.5 Å². The summed E-state index contributed by atoms with van der Waals surface area (Å²) in [6.45, 7) is 0. The van der Waals surface area contributed by atoms with E-state index in [1.165, 1.54) is 24.8 Å². The minimum Gasteiger partial charge on any atom is -0.453 e. The molecule has 2 nitrogen and oxygen atoms in total. The minimum absolute atomic E-state index is 0.0348. The summed E-state index contributed by atoms with van der Waals surface area (Å²) in [4.78, 5) is 12.6. The smallest absolute Gasteiger partial charge is 0.228 e. The predicted octanol–water partition coefficient (Wildman–Crippen LogP) is 4.93. The first-order valence-corrected chi connectivity index (χ1v) is 7.44. The molecule has 0 radical (unpaired) electrons. The topological polar surface area (TPSA) is 30.2 Å². The van der Waals surface area contributed by atoms with Crippen LogP contribution in [0.15, 0.2) is 59.0 Å². The summed E-state index contributed by atoms with van der Waals surface area (Å²) >= 11 is 0. The van der Waals surface area contributed by atoms with Crippen LogP contribution in [0, 0.1) is 0 Å². The molecule has 0 atom stereocenters. The summed E-state index contributed by atoms with van der Waals surface area (Å²) in [7, 11) is 0. The van der Waals surface area contributed by atoms with Crippen molar-refractivity contribution in [1.82, 2.24) is 0 Å². The van der Waals surface area contributed by atoms with Crippen molar-refractivity contribution in [3.63, 3.8) is 0 Å². The molecule has 1 aliphatic rings. The Labute approximate surface area is 123 Å². The fourth-order valence-electron chi connectivity index (χ4n) is 2.91. The van der Waals surface area contributed by atoms with Crippen molar-refractivity contribution in [3.8, 4) is 0 Å². The molecular weight excluding hydrogens is 260 g/mol. The lowest BCUT2D eigenvalue weighted by atomic mass is 9.79. The Balaban J connectivity index is 1.70. The Morgan fingerprint density at radius 1 is 1.00 bits per heavy atom. The largest absolute Gasteiger partial charge is 0.453 e. The first kappa shape index (κ1) is 12.4. The maximum absolute atomic E-state index is 12.6. The van der Waals surface area contributed by atoms with Crippen molar-refractivity contribution >= 4 is 16.8 Å². The molecule has 1 aliphatic carbocycles. The van der Waals surface area contributed by atoms with Gasteiger partial charge >= 0.3 is 0 Å². The Bertz CT molecular complexity index is 776. The highest BCUT2D eigenvalue weighted by molar-refractivity contribution is 6.09. The number of carbonyl (C=O) groups is 1. The van der Waals surface area contributed by atoms with Gasteiger partial charge in [-0.25, -0.2) is 0 Å². The maximum atomic E-state index is 12.6. The number of para-hydroxylation sites is 1. The predicted molar refractivity (Wildman–Crippen MR) is 82.7 cm³/mol. The molecule has 1 heterocycles. The van der Waals surface area contributed by atoms with Crippen molar-refractivity contribution in [3.05, 3.63) is 71.5 Å². The third kappa shape index (κ3) is 2.17. The lowest BCUT2D eigenvalue weighted by Crippen LogP contribution is -2.10. The molecule has 1 aromatic heterocycles. The highest BCUT2D eigenvalue weighted by atomic mass is 16.3. The number of hydrogen-bond acceptors (Lipinski definition) is 2. The first-order chi connectivity index (χ1) is 10.3. The molecule has 0 bridgehead atoms.